The number of hydrogen-bond acceptors (Lipinski definition) is 3. The summed E-state index contributed by atoms with van der Waals surface area (Å²) in [4.78, 5) is 11.7. The Kier molecular flexibility index (Phi) is 5.32. The van der Waals surface area contributed by atoms with E-state index in [9.17, 15) is 62.6 Å². The molecule has 16 heteroatoms. The van der Waals surface area contributed by atoms with Crippen LogP contribution < -0.4 is 10.4 Å². The van der Waals surface area contributed by atoms with Crippen LogP contribution in [0.4, 0.5) is 58.4 Å². The molecule has 2 atom stereocenters. The first-order valence-corrected chi connectivity index (χ1v) is 7.38. The van der Waals surface area contributed by atoms with E-state index in [0.29, 0.717) is 0 Å². The molecule has 4 nitrogen and oxygen atoms in total. The van der Waals surface area contributed by atoms with Gasteiger partial charge >= 0.3 is 29.9 Å². The maximum absolute atomic E-state index is 14.2. The number of carbonyl (C=O) groups excluding carboxylic acids is 1. The molecule has 1 aliphatic heterocycles. The van der Waals surface area contributed by atoms with Gasteiger partial charge in [-0.2, -0.15) is 53.7 Å². The Morgan fingerprint density at radius 2 is 1.30 bits per heavy atom. The molecule has 1 fully saturated rings. The number of benzene rings is 1. The van der Waals surface area contributed by atoms with Crippen LogP contribution in [-0.2, 0) is 4.79 Å². The van der Waals surface area contributed by atoms with Crippen molar-refractivity contribution in [3.63, 3.8) is 0 Å². The van der Waals surface area contributed by atoms with E-state index in [2.05, 4.69) is 0 Å². The van der Waals surface area contributed by atoms with E-state index >= 15 is 0 Å². The Morgan fingerprint density at radius 1 is 0.833 bits per heavy atom. The first-order chi connectivity index (χ1) is 13.3. The van der Waals surface area contributed by atoms with Crippen molar-refractivity contribution >= 4 is 11.6 Å². The molecule has 30 heavy (non-hydrogen) atoms. The lowest BCUT2D eigenvalue weighted by Gasteiger charge is -2.42. The molecule has 1 aromatic rings. The summed E-state index contributed by atoms with van der Waals surface area (Å²) in [6.07, 6.45) is -11.6. The summed E-state index contributed by atoms with van der Waals surface area (Å²) in [5.41, 5.74) is -5.15. The van der Waals surface area contributed by atoms with E-state index in [1.165, 1.54) is 6.07 Å². The average Bonchev–Trinajstić information content (AvgIpc) is 2.86. The SMILES string of the molecule is O=C1C(F)[C@@](O)(C(F)(F)C(F)(F)C(F)(F)C(F)(F)C(F)(F)F)NN1c1ccccc1. The number of alkyl halides is 12. The van der Waals surface area contributed by atoms with Gasteiger partial charge in [-0.15, -0.1) is 0 Å². The van der Waals surface area contributed by atoms with Crippen molar-refractivity contribution < 1.29 is 62.6 Å². The number of hydrogen-bond donors (Lipinski definition) is 2. The van der Waals surface area contributed by atoms with Crippen molar-refractivity contribution in [1.82, 2.24) is 5.43 Å². The zero-order valence-electron chi connectivity index (χ0n) is 13.8. The molecule has 1 unspecified atom stereocenters. The van der Waals surface area contributed by atoms with Gasteiger partial charge in [0.15, 0.2) is 0 Å². The van der Waals surface area contributed by atoms with Crippen molar-refractivity contribution in [2.75, 3.05) is 5.01 Å². The molecule has 0 radical (unpaired) electrons. The zero-order chi connectivity index (χ0) is 23.6. The van der Waals surface area contributed by atoms with Gasteiger partial charge in [-0.1, -0.05) is 18.2 Å². The predicted octanol–water partition coefficient (Wildman–Crippen LogP) is 3.67. The van der Waals surface area contributed by atoms with Crippen molar-refractivity contribution in [3.05, 3.63) is 30.3 Å². The summed E-state index contributed by atoms with van der Waals surface area (Å²) in [6.45, 7) is 0. The van der Waals surface area contributed by atoms with Gasteiger partial charge in [0.05, 0.1) is 5.69 Å². The second kappa shape index (κ2) is 6.63. The lowest BCUT2D eigenvalue weighted by Crippen LogP contribution is -2.75. The molecular formula is C14H8F12N2O2. The van der Waals surface area contributed by atoms with Crippen LogP contribution in [0.2, 0.25) is 0 Å². The van der Waals surface area contributed by atoms with Gasteiger partial charge in [0.25, 0.3) is 5.91 Å². The molecule has 1 heterocycles. The molecule has 1 amide bonds. The monoisotopic (exact) mass is 464 g/mol. The first kappa shape index (κ1) is 24.0. The van der Waals surface area contributed by atoms with Crippen LogP contribution in [0.5, 0.6) is 0 Å². The molecule has 0 aromatic heterocycles. The maximum Gasteiger partial charge on any atom is 0.460 e. The van der Waals surface area contributed by atoms with Crippen molar-refractivity contribution in [2.24, 2.45) is 0 Å². The molecular weight excluding hydrogens is 456 g/mol. The molecule has 0 aliphatic carbocycles. The van der Waals surface area contributed by atoms with E-state index < -0.39 is 53.4 Å². The minimum Gasteiger partial charge on any atom is -0.366 e. The fourth-order valence-corrected chi connectivity index (χ4v) is 2.38. The first-order valence-electron chi connectivity index (χ1n) is 7.38. The lowest BCUT2D eigenvalue weighted by molar-refractivity contribution is -0.438. The van der Waals surface area contributed by atoms with E-state index in [0.717, 1.165) is 29.7 Å². The van der Waals surface area contributed by atoms with E-state index in [4.69, 9.17) is 0 Å². The Labute approximate surface area is 158 Å². The number of hydrazine groups is 1. The highest BCUT2D eigenvalue weighted by atomic mass is 19.4. The molecule has 0 spiro atoms. The highest BCUT2D eigenvalue weighted by Crippen LogP contribution is 2.60. The van der Waals surface area contributed by atoms with Gasteiger partial charge < -0.3 is 5.11 Å². The quantitative estimate of drug-likeness (QED) is 0.655. The third kappa shape index (κ3) is 2.91. The smallest absolute Gasteiger partial charge is 0.366 e. The molecule has 170 valence electrons. The molecule has 1 aromatic carbocycles. The minimum atomic E-state index is -7.87. The van der Waals surface area contributed by atoms with Gasteiger partial charge in [-0.25, -0.2) is 9.40 Å². The van der Waals surface area contributed by atoms with Crippen LogP contribution in [0.3, 0.4) is 0 Å². The fourth-order valence-electron chi connectivity index (χ4n) is 2.38. The Balaban J connectivity index is 2.57. The van der Waals surface area contributed by atoms with Gasteiger partial charge in [-0.3, -0.25) is 4.79 Å². The number of halogens is 12. The molecule has 2 N–H and O–H groups in total. The van der Waals surface area contributed by atoms with Crippen molar-refractivity contribution in [2.45, 2.75) is 41.8 Å². The predicted molar refractivity (Wildman–Crippen MR) is 72.8 cm³/mol. The number of anilines is 1. The van der Waals surface area contributed by atoms with Crippen LogP contribution >= 0.6 is 0 Å². The molecule has 0 saturated carbocycles. The highest BCUT2D eigenvalue weighted by molar-refractivity contribution is 5.99. The summed E-state index contributed by atoms with van der Waals surface area (Å²) in [6, 6.07) is 5.20. The largest absolute Gasteiger partial charge is 0.460 e. The second-order valence-electron chi connectivity index (χ2n) is 6.05. The third-order valence-corrected chi connectivity index (χ3v) is 4.12. The molecule has 1 saturated heterocycles. The Morgan fingerprint density at radius 3 is 1.73 bits per heavy atom. The fraction of sp³-hybridized carbons (Fsp3) is 0.500. The van der Waals surface area contributed by atoms with Crippen LogP contribution in [0.1, 0.15) is 0 Å². The Hall–Kier alpha value is -2.23. The standard InChI is InChI=1S/C14H8F12N2O2/c15-7-8(29)28(6-4-2-1-3-5-6)27-9(7,30)10(16,17)11(18,19)12(20,21)13(22,23)14(24,25)26/h1-5,7,27,30H/t7?,9-/m1/s1. The minimum absolute atomic E-state index is 0.325. The van der Waals surface area contributed by atoms with Crippen LogP contribution in [0.15, 0.2) is 30.3 Å². The summed E-state index contributed by atoms with van der Waals surface area (Å²) >= 11 is 0. The zero-order valence-corrected chi connectivity index (χ0v) is 13.8. The van der Waals surface area contributed by atoms with Crippen LogP contribution in [-0.4, -0.2) is 52.8 Å². The van der Waals surface area contributed by atoms with E-state index in [1.54, 1.807) is 0 Å². The third-order valence-electron chi connectivity index (χ3n) is 4.12. The summed E-state index contributed by atoms with van der Waals surface area (Å²) < 4.78 is 159. The highest BCUT2D eigenvalue weighted by Gasteiger charge is 2.91. The lowest BCUT2D eigenvalue weighted by atomic mass is 9.89. The number of amides is 1. The molecule has 0 bridgehead atoms. The number of carbonyl (C=O) groups is 1. The average molecular weight is 464 g/mol. The van der Waals surface area contributed by atoms with E-state index in [1.807, 2.05) is 0 Å². The normalized spacial score (nSPS) is 24.5. The number of para-hydroxylation sites is 1. The second-order valence-corrected chi connectivity index (χ2v) is 6.05. The molecule has 2 rings (SSSR count). The van der Waals surface area contributed by atoms with Crippen molar-refractivity contribution in [3.8, 4) is 0 Å². The van der Waals surface area contributed by atoms with Gasteiger partial charge in [0, 0.05) is 0 Å². The number of rotatable bonds is 5. The van der Waals surface area contributed by atoms with Gasteiger partial charge in [0.2, 0.25) is 11.9 Å². The number of nitrogens with one attached hydrogen (secondary N) is 1. The Bertz CT molecular complexity index is 813. The number of aliphatic hydroxyl groups is 1. The summed E-state index contributed by atoms with van der Waals surface area (Å²) in [5, 5.41) is 9.29. The maximum atomic E-state index is 14.2. The van der Waals surface area contributed by atoms with Gasteiger partial charge in [-0.05, 0) is 12.1 Å². The van der Waals surface area contributed by atoms with Crippen molar-refractivity contribution in [1.29, 1.82) is 0 Å². The topological polar surface area (TPSA) is 52.6 Å². The van der Waals surface area contributed by atoms with Gasteiger partial charge in [0.1, 0.15) is 0 Å². The van der Waals surface area contributed by atoms with E-state index in [-0.39, 0.29) is 5.01 Å². The van der Waals surface area contributed by atoms with Crippen LogP contribution in [0, 0.1) is 0 Å². The summed E-state index contributed by atoms with van der Waals surface area (Å²) in [7, 11) is 0. The summed E-state index contributed by atoms with van der Waals surface area (Å²) in [5.74, 6) is -32.6. The van der Waals surface area contributed by atoms with Crippen LogP contribution in [0.25, 0.3) is 0 Å². The molecule has 1 aliphatic rings. The number of nitrogens with zero attached hydrogens (tertiary/aromatic N) is 1.